The van der Waals surface area contributed by atoms with Gasteiger partial charge in [0.25, 0.3) is 0 Å². The number of hydrogen-bond donors (Lipinski definition) is 2. The van der Waals surface area contributed by atoms with Crippen molar-refractivity contribution in [2.24, 2.45) is 10.2 Å². The van der Waals surface area contributed by atoms with Gasteiger partial charge in [-0.1, -0.05) is 18.2 Å². The Kier molecular flexibility index (Phi) is 4.11. The summed E-state index contributed by atoms with van der Waals surface area (Å²) in [5, 5.41) is 28.8. The summed E-state index contributed by atoms with van der Waals surface area (Å²) in [7, 11) is 1.56. The molecule has 0 bridgehead atoms. The van der Waals surface area contributed by atoms with Crippen LogP contribution in [-0.4, -0.2) is 23.3 Å². The van der Waals surface area contributed by atoms with Gasteiger partial charge in [-0.25, -0.2) is 4.79 Å². The van der Waals surface area contributed by atoms with Crippen LogP contribution in [0.5, 0.6) is 11.5 Å². The molecule has 6 nitrogen and oxygen atoms in total. The lowest BCUT2D eigenvalue weighted by Crippen LogP contribution is -1.94. The third-order valence-electron chi connectivity index (χ3n) is 3.54. The van der Waals surface area contributed by atoms with Crippen molar-refractivity contribution in [3.63, 3.8) is 0 Å². The number of carboxylic acids is 1. The van der Waals surface area contributed by atoms with Gasteiger partial charge in [-0.05, 0) is 41.8 Å². The normalized spacial score (nSPS) is 11.0. The first-order valence-corrected chi connectivity index (χ1v) is 7.13. The van der Waals surface area contributed by atoms with E-state index < -0.39 is 5.97 Å². The quantitative estimate of drug-likeness (QED) is 0.683. The Labute approximate surface area is 137 Å². The second kappa shape index (κ2) is 6.37. The molecule has 120 valence electrons. The molecule has 0 aromatic heterocycles. The molecular formula is C18H14N2O4. The third-order valence-corrected chi connectivity index (χ3v) is 3.54. The SMILES string of the molecule is COc1ccc2ccc(O)c(N=Nc3cccc(C(=O)O)c3)c2c1. The van der Waals surface area contributed by atoms with Gasteiger partial charge in [-0.2, -0.15) is 5.11 Å². The van der Waals surface area contributed by atoms with E-state index in [2.05, 4.69) is 10.2 Å². The molecule has 3 rings (SSSR count). The molecular weight excluding hydrogens is 308 g/mol. The standard InChI is InChI=1S/C18H14N2O4/c1-24-14-7-5-11-6-8-16(21)17(15(11)10-14)20-19-13-4-2-3-12(9-13)18(22)23/h2-10,21H,1H3,(H,22,23). The van der Waals surface area contributed by atoms with Crippen LogP contribution in [0.1, 0.15) is 10.4 Å². The summed E-state index contributed by atoms with van der Waals surface area (Å²) in [6, 6.07) is 14.9. The molecule has 0 heterocycles. The lowest BCUT2D eigenvalue weighted by atomic mass is 10.1. The molecule has 0 atom stereocenters. The number of phenols is 1. The van der Waals surface area contributed by atoms with Crippen LogP contribution in [0, 0.1) is 0 Å². The minimum absolute atomic E-state index is 0.0195. The number of methoxy groups -OCH3 is 1. The summed E-state index contributed by atoms with van der Waals surface area (Å²) in [5.41, 5.74) is 0.802. The average Bonchev–Trinajstić information content (AvgIpc) is 2.60. The Morgan fingerprint density at radius 1 is 1.04 bits per heavy atom. The third kappa shape index (κ3) is 3.03. The van der Waals surface area contributed by atoms with Crippen LogP contribution in [0.2, 0.25) is 0 Å². The van der Waals surface area contributed by atoms with Crippen molar-refractivity contribution < 1.29 is 19.7 Å². The first-order valence-electron chi connectivity index (χ1n) is 7.13. The summed E-state index contributed by atoms with van der Waals surface area (Å²) in [6.45, 7) is 0. The number of benzene rings is 3. The van der Waals surface area contributed by atoms with E-state index in [9.17, 15) is 9.90 Å². The maximum absolute atomic E-state index is 11.0. The maximum atomic E-state index is 11.0. The number of rotatable bonds is 4. The first kappa shape index (κ1) is 15.5. The van der Waals surface area contributed by atoms with Gasteiger partial charge in [0.15, 0.2) is 0 Å². The molecule has 2 N–H and O–H groups in total. The predicted molar refractivity (Wildman–Crippen MR) is 89.7 cm³/mol. The Bertz CT molecular complexity index is 951. The van der Waals surface area contributed by atoms with Gasteiger partial charge in [0.1, 0.15) is 17.2 Å². The number of carboxylic acid groups (broad SMARTS) is 1. The second-order valence-corrected chi connectivity index (χ2v) is 5.08. The zero-order valence-corrected chi connectivity index (χ0v) is 12.8. The Morgan fingerprint density at radius 2 is 1.83 bits per heavy atom. The van der Waals surface area contributed by atoms with Gasteiger partial charge in [-0.3, -0.25) is 0 Å². The number of phenolic OH excluding ortho intramolecular Hbond substituents is 1. The summed E-state index contributed by atoms with van der Waals surface area (Å²) < 4.78 is 5.20. The zero-order valence-electron chi connectivity index (χ0n) is 12.8. The number of ether oxygens (including phenoxy) is 1. The van der Waals surface area contributed by atoms with Crippen molar-refractivity contribution in [1.29, 1.82) is 0 Å². The minimum atomic E-state index is -1.04. The van der Waals surface area contributed by atoms with E-state index in [1.807, 2.05) is 12.1 Å². The van der Waals surface area contributed by atoms with Crippen molar-refractivity contribution in [3.05, 3.63) is 60.2 Å². The molecule has 0 aliphatic heterocycles. The van der Waals surface area contributed by atoms with E-state index in [0.29, 0.717) is 22.5 Å². The number of azo groups is 1. The molecule has 6 heteroatoms. The molecule has 0 radical (unpaired) electrons. The van der Waals surface area contributed by atoms with Gasteiger partial charge >= 0.3 is 5.97 Å². The highest BCUT2D eigenvalue weighted by Gasteiger charge is 2.08. The molecule has 24 heavy (non-hydrogen) atoms. The Morgan fingerprint density at radius 3 is 2.58 bits per heavy atom. The highest BCUT2D eigenvalue weighted by Crippen LogP contribution is 2.37. The monoisotopic (exact) mass is 322 g/mol. The second-order valence-electron chi connectivity index (χ2n) is 5.08. The van der Waals surface area contributed by atoms with Crippen molar-refractivity contribution in [1.82, 2.24) is 0 Å². The van der Waals surface area contributed by atoms with Crippen molar-refractivity contribution >= 4 is 28.1 Å². The van der Waals surface area contributed by atoms with Crippen molar-refractivity contribution in [2.75, 3.05) is 7.11 Å². The van der Waals surface area contributed by atoms with Gasteiger partial charge in [0.2, 0.25) is 0 Å². The molecule has 3 aromatic rings. The van der Waals surface area contributed by atoms with Crippen LogP contribution in [0.4, 0.5) is 11.4 Å². The molecule has 0 unspecified atom stereocenters. The smallest absolute Gasteiger partial charge is 0.335 e. The highest BCUT2D eigenvalue weighted by molar-refractivity contribution is 5.96. The number of fused-ring (bicyclic) bond motifs is 1. The first-order chi connectivity index (χ1) is 11.6. The van der Waals surface area contributed by atoms with Gasteiger partial charge in [0, 0.05) is 5.39 Å². The molecule has 0 spiro atoms. The molecule has 3 aromatic carbocycles. The van der Waals surface area contributed by atoms with Gasteiger partial charge in [0.05, 0.1) is 18.4 Å². The number of carbonyl (C=O) groups is 1. The van der Waals surface area contributed by atoms with Crippen LogP contribution in [0.25, 0.3) is 10.8 Å². The van der Waals surface area contributed by atoms with Crippen LogP contribution in [0.15, 0.2) is 64.8 Å². The summed E-state index contributed by atoms with van der Waals surface area (Å²) >= 11 is 0. The van der Waals surface area contributed by atoms with Gasteiger partial charge < -0.3 is 14.9 Å². The number of nitrogens with zero attached hydrogens (tertiary/aromatic N) is 2. The van der Waals surface area contributed by atoms with Gasteiger partial charge in [-0.15, -0.1) is 5.11 Å². The van der Waals surface area contributed by atoms with Crippen LogP contribution < -0.4 is 4.74 Å². The molecule has 0 saturated carbocycles. The van der Waals surface area contributed by atoms with Crippen molar-refractivity contribution in [3.8, 4) is 11.5 Å². The summed E-state index contributed by atoms with van der Waals surface area (Å²) in [6.07, 6.45) is 0. The topological polar surface area (TPSA) is 91.5 Å². The van der Waals surface area contributed by atoms with Crippen LogP contribution in [-0.2, 0) is 0 Å². The molecule has 0 aliphatic carbocycles. The fraction of sp³-hybridized carbons (Fsp3) is 0.0556. The van der Waals surface area contributed by atoms with E-state index in [0.717, 1.165) is 5.39 Å². The predicted octanol–water partition coefficient (Wildman–Crippen LogP) is 4.67. The fourth-order valence-electron chi connectivity index (χ4n) is 2.31. The fourth-order valence-corrected chi connectivity index (χ4v) is 2.31. The maximum Gasteiger partial charge on any atom is 0.335 e. The number of hydrogen-bond acceptors (Lipinski definition) is 5. The van der Waals surface area contributed by atoms with E-state index in [4.69, 9.17) is 9.84 Å². The van der Waals surface area contributed by atoms with Crippen molar-refractivity contribution in [2.45, 2.75) is 0 Å². The summed E-state index contributed by atoms with van der Waals surface area (Å²) in [5.74, 6) is -0.420. The van der Waals surface area contributed by atoms with E-state index in [-0.39, 0.29) is 11.3 Å². The van der Waals surface area contributed by atoms with E-state index in [1.54, 1.807) is 31.4 Å². The van der Waals surface area contributed by atoms with Crippen LogP contribution >= 0.6 is 0 Å². The molecule has 0 amide bonds. The summed E-state index contributed by atoms with van der Waals surface area (Å²) in [4.78, 5) is 11.0. The average molecular weight is 322 g/mol. The Balaban J connectivity index is 2.07. The van der Waals surface area contributed by atoms with E-state index in [1.165, 1.54) is 18.2 Å². The largest absolute Gasteiger partial charge is 0.506 e. The molecule has 0 fully saturated rings. The minimum Gasteiger partial charge on any atom is -0.506 e. The number of aromatic carboxylic acids is 1. The lowest BCUT2D eigenvalue weighted by molar-refractivity contribution is 0.0697. The zero-order chi connectivity index (χ0) is 17.1. The molecule has 0 aliphatic rings. The lowest BCUT2D eigenvalue weighted by Gasteiger charge is -2.06. The highest BCUT2D eigenvalue weighted by atomic mass is 16.5. The Hall–Kier alpha value is -3.41. The number of aromatic hydroxyl groups is 1. The molecule has 0 saturated heterocycles. The van der Waals surface area contributed by atoms with Crippen LogP contribution in [0.3, 0.4) is 0 Å². The van der Waals surface area contributed by atoms with E-state index >= 15 is 0 Å².